The normalized spacial score (nSPS) is 12.2. The summed E-state index contributed by atoms with van der Waals surface area (Å²) in [6, 6.07) is 0. The molecule has 58 valence electrons. The molecule has 0 rings (SSSR count). The minimum Gasteiger partial charge on any atom is -0.545 e. The fourth-order valence-corrected chi connectivity index (χ4v) is 0.397. The van der Waals surface area contributed by atoms with Crippen molar-refractivity contribution in [3.05, 3.63) is 11.6 Å². The summed E-state index contributed by atoms with van der Waals surface area (Å²) in [6.07, 6.45) is -4.36. The second kappa shape index (κ2) is 4.79. The van der Waals surface area contributed by atoms with Crippen LogP contribution in [-0.4, -0.2) is 12.1 Å². The Morgan fingerprint density at radius 3 is 1.82 bits per heavy atom. The Hall–Kier alpha value is -0.000000000000000222. The van der Waals surface area contributed by atoms with Crippen LogP contribution < -0.4 is 34.7 Å². The molecule has 0 bridgehead atoms. The molecule has 2 nitrogen and oxygen atoms in total. The molecule has 0 saturated heterocycles. The van der Waals surface area contributed by atoms with E-state index in [1.807, 2.05) is 0 Å². The summed E-state index contributed by atoms with van der Waals surface area (Å²) in [4.78, 5) is 9.68. The Kier molecular flexibility index (Phi) is 5.92. The zero-order chi connectivity index (χ0) is 8.36. The quantitative estimate of drug-likeness (QED) is 0.321. The van der Waals surface area contributed by atoms with Crippen molar-refractivity contribution in [2.45, 2.75) is 13.1 Å². The van der Waals surface area contributed by atoms with Gasteiger partial charge in [-0.1, -0.05) is 6.08 Å². The monoisotopic (exact) mass is 176 g/mol. The van der Waals surface area contributed by atoms with Crippen molar-refractivity contribution >= 4 is 5.97 Å². The third-order valence-corrected chi connectivity index (χ3v) is 0.814. The van der Waals surface area contributed by atoms with Crippen molar-refractivity contribution < 1.29 is 52.6 Å². The maximum Gasteiger partial charge on any atom is 1.00 e. The summed E-state index contributed by atoms with van der Waals surface area (Å²) in [7, 11) is 0. The number of hydrogen-bond donors (Lipinski definition) is 0. The van der Waals surface area contributed by atoms with Crippen LogP contribution >= 0.6 is 0 Å². The van der Waals surface area contributed by atoms with Crippen LogP contribution in [0.3, 0.4) is 0 Å². The van der Waals surface area contributed by atoms with E-state index in [9.17, 15) is 23.1 Å². The molecule has 11 heavy (non-hydrogen) atoms. The number of hydrogen-bond acceptors (Lipinski definition) is 2. The van der Waals surface area contributed by atoms with Crippen LogP contribution in [-0.2, 0) is 4.79 Å². The standard InChI is InChI=1S/C5H5F3O2.Na/c1-2-3(4(9)10)5(6,7)8;/h2H,1H3,(H,9,10);/q;+1/p-1. The molecule has 0 amide bonds. The molecule has 0 aromatic rings. The Morgan fingerprint density at radius 1 is 1.45 bits per heavy atom. The number of carboxylic acid groups (broad SMARTS) is 1. The predicted molar refractivity (Wildman–Crippen MR) is 24.8 cm³/mol. The van der Waals surface area contributed by atoms with Gasteiger partial charge in [0.25, 0.3) is 0 Å². The summed E-state index contributed by atoms with van der Waals surface area (Å²) in [5, 5.41) is 9.68. The molecule has 0 aliphatic heterocycles. The zero-order valence-corrected chi connectivity index (χ0v) is 8.03. The van der Waals surface area contributed by atoms with E-state index >= 15 is 0 Å². The number of halogens is 3. The van der Waals surface area contributed by atoms with Gasteiger partial charge in [0.05, 0.1) is 11.5 Å². The van der Waals surface area contributed by atoms with E-state index in [0.29, 0.717) is 6.08 Å². The van der Waals surface area contributed by atoms with E-state index < -0.39 is 17.7 Å². The SMILES string of the molecule is CC=C(C(=O)[O-])C(F)(F)F.[Na+]. The molecule has 0 saturated carbocycles. The van der Waals surface area contributed by atoms with Crippen LogP contribution in [0, 0.1) is 0 Å². The molecule has 0 heterocycles. The first-order valence-corrected chi connectivity index (χ1v) is 2.34. The molecule has 0 aromatic carbocycles. The first kappa shape index (κ1) is 13.6. The fraction of sp³-hybridized carbons (Fsp3) is 0.400. The van der Waals surface area contributed by atoms with Gasteiger partial charge in [-0.25, -0.2) is 0 Å². The topological polar surface area (TPSA) is 40.1 Å². The molecule has 0 radical (unpaired) electrons. The van der Waals surface area contributed by atoms with Crippen LogP contribution in [0.25, 0.3) is 0 Å². The molecule has 0 spiro atoms. The molecule has 6 heteroatoms. The van der Waals surface area contributed by atoms with E-state index in [1.54, 1.807) is 0 Å². The Balaban J connectivity index is 0. The first-order chi connectivity index (χ1) is 4.39. The van der Waals surface area contributed by atoms with Crippen LogP contribution in [0.15, 0.2) is 11.6 Å². The Morgan fingerprint density at radius 2 is 1.82 bits per heavy atom. The number of allylic oxidation sites excluding steroid dienone is 1. The minimum atomic E-state index is -4.81. The Labute approximate surface area is 83.4 Å². The molecule has 0 fully saturated rings. The van der Waals surface area contributed by atoms with Crippen molar-refractivity contribution in [1.82, 2.24) is 0 Å². The van der Waals surface area contributed by atoms with Gasteiger partial charge in [-0.2, -0.15) is 13.2 Å². The summed E-state index contributed by atoms with van der Waals surface area (Å²) < 4.78 is 34.4. The average molecular weight is 176 g/mol. The molecule has 0 aromatic heterocycles. The van der Waals surface area contributed by atoms with Gasteiger partial charge < -0.3 is 9.90 Å². The van der Waals surface area contributed by atoms with Crippen molar-refractivity contribution in [3.63, 3.8) is 0 Å². The van der Waals surface area contributed by atoms with E-state index in [-0.39, 0.29) is 29.6 Å². The predicted octanol–water partition coefficient (Wildman–Crippen LogP) is -2.75. The smallest absolute Gasteiger partial charge is 0.545 e. The first-order valence-electron chi connectivity index (χ1n) is 2.34. The van der Waals surface area contributed by atoms with E-state index in [1.165, 1.54) is 0 Å². The van der Waals surface area contributed by atoms with Crippen LogP contribution in [0.2, 0.25) is 0 Å². The number of aliphatic carboxylic acids is 1. The molecule has 0 atom stereocenters. The third-order valence-electron chi connectivity index (χ3n) is 0.814. The summed E-state index contributed by atoms with van der Waals surface area (Å²) in [5.74, 6) is -2.20. The van der Waals surface area contributed by atoms with Gasteiger partial charge in [-0.15, -0.1) is 0 Å². The maximum absolute atomic E-state index is 11.5. The second-order valence-electron chi connectivity index (χ2n) is 1.49. The summed E-state index contributed by atoms with van der Waals surface area (Å²) in [5.41, 5.74) is -1.65. The van der Waals surface area contributed by atoms with Crippen molar-refractivity contribution in [2.75, 3.05) is 0 Å². The minimum absolute atomic E-state index is 0. The number of rotatable bonds is 1. The van der Waals surface area contributed by atoms with Gasteiger partial charge in [0.2, 0.25) is 0 Å². The number of carbonyl (C=O) groups excluding carboxylic acids is 1. The van der Waals surface area contributed by atoms with E-state index in [2.05, 4.69) is 0 Å². The summed E-state index contributed by atoms with van der Waals surface area (Å²) >= 11 is 0. The number of alkyl halides is 3. The molecular formula is C5H4F3NaO2. The van der Waals surface area contributed by atoms with Crippen LogP contribution in [0.1, 0.15) is 6.92 Å². The van der Waals surface area contributed by atoms with Crippen molar-refractivity contribution in [3.8, 4) is 0 Å². The molecule has 0 aliphatic carbocycles. The fourth-order valence-electron chi connectivity index (χ4n) is 0.397. The zero-order valence-electron chi connectivity index (χ0n) is 6.03. The molecule has 0 aliphatic rings. The van der Waals surface area contributed by atoms with Gasteiger partial charge in [0.1, 0.15) is 0 Å². The summed E-state index contributed by atoms with van der Waals surface area (Å²) in [6.45, 7) is 0.985. The second-order valence-corrected chi connectivity index (χ2v) is 1.49. The average Bonchev–Trinajstić information content (AvgIpc) is 1.60. The van der Waals surface area contributed by atoms with E-state index in [4.69, 9.17) is 0 Å². The van der Waals surface area contributed by atoms with Gasteiger partial charge in [0, 0.05) is 0 Å². The van der Waals surface area contributed by atoms with Crippen molar-refractivity contribution in [2.24, 2.45) is 0 Å². The van der Waals surface area contributed by atoms with Crippen LogP contribution in [0.4, 0.5) is 13.2 Å². The molecular weight excluding hydrogens is 172 g/mol. The largest absolute Gasteiger partial charge is 1.00 e. The molecule has 0 unspecified atom stereocenters. The third kappa shape index (κ3) is 4.44. The van der Waals surface area contributed by atoms with Crippen molar-refractivity contribution in [1.29, 1.82) is 0 Å². The van der Waals surface area contributed by atoms with Gasteiger partial charge >= 0.3 is 35.7 Å². The van der Waals surface area contributed by atoms with Gasteiger partial charge in [0.15, 0.2) is 0 Å². The van der Waals surface area contributed by atoms with Gasteiger partial charge in [-0.05, 0) is 6.92 Å². The van der Waals surface area contributed by atoms with Gasteiger partial charge in [-0.3, -0.25) is 0 Å². The number of carboxylic acids is 1. The Bertz CT molecular complexity index is 173. The number of carbonyl (C=O) groups is 1. The van der Waals surface area contributed by atoms with E-state index in [0.717, 1.165) is 6.92 Å². The van der Waals surface area contributed by atoms with Crippen LogP contribution in [0.5, 0.6) is 0 Å². The molecule has 0 N–H and O–H groups in total. The maximum atomic E-state index is 11.5.